The zero-order valence-electron chi connectivity index (χ0n) is 10.9. The molecule has 0 aliphatic rings. The predicted octanol–water partition coefficient (Wildman–Crippen LogP) is 2.04. The van der Waals surface area contributed by atoms with Gasteiger partial charge in [-0.15, -0.1) is 0 Å². The summed E-state index contributed by atoms with van der Waals surface area (Å²) >= 11 is 0. The van der Waals surface area contributed by atoms with Crippen LogP contribution in [0.1, 0.15) is 11.3 Å². The van der Waals surface area contributed by atoms with Crippen LogP contribution in [-0.2, 0) is 6.54 Å². The van der Waals surface area contributed by atoms with E-state index in [9.17, 15) is 0 Å². The Morgan fingerprint density at radius 2 is 2.00 bits per heavy atom. The normalized spacial score (nSPS) is 11.1. The number of likely N-dealkylation sites (N-methyl/N-ethyl adjacent to an activating group) is 1. The number of nitrogens with two attached hydrogens (primary N) is 1. The quantitative estimate of drug-likeness (QED) is 0.875. The molecular weight excluding hydrogens is 226 g/mol. The largest absolute Gasteiger partial charge is 0.444 e. The van der Waals surface area contributed by atoms with Crippen LogP contribution in [-0.4, -0.2) is 30.0 Å². The molecule has 0 amide bonds. The molecule has 0 radical (unpaired) electrons. The maximum atomic E-state index is 5.51. The first-order valence-electron chi connectivity index (χ1n) is 6.09. The van der Waals surface area contributed by atoms with Crippen molar-refractivity contribution in [2.24, 2.45) is 5.73 Å². The fraction of sp³-hybridized carbons (Fsp3) is 0.357. The van der Waals surface area contributed by atoms with Gasteiger partial charge in [-0.3, -0.25) is 4.90 Å². The van der Waals surface area contributed by atoms with Crippen LogP contribution in [0.15, 0.2) is 34.9 Å². The first-order valence-corrected chi connectivity index (χ1v) is 6.09. The lowest BCUT2D eigenvalue weighted by molar-refractivity contribution is 0.332. The Kier molecular flexibility index (Phi) is 4.12. The maximum Gasteiger partial charge on any atom is 0.226 e. The summed E-state index contributed by atoms with van der Waals surface area (Å²) in [7, 11) is 2.02. The highest BCUT2D eigenvalue weighted by Gasteiger charge is 2.08. The summed E-state index contributed by atoms with van der Waals surface area (Å²) in [5, 5.41) is 0. The topological polar surface area (TPSA) is 55.3 Å². The Hall–Kier alpha value is -1.65. The van der Waals surface area contributed by atoms with Gasteiger partial charge in [0.25, 0.3) is 0 Å². The average Bonchev–Trinajstić information content (AvgIpc) is 2.78. The lowest BCUT2D eigenvalue weighted by Crippen LogP contribution is -2.25. The molecule has 96 valence electrons. The molecule has 18 heavy (non-hydrogen) atoms. The second-order valence-electron chi connectivity index (χ2n) is 4.54. The van der Waals surface area contributed by atoms with Crippen molar-refractivity contribution >= 4 is 0 Å². The molecule has 4 heteroatoms. The molecule has 4 nitrogen and oxygen atoms in total. The molecule has 1 heterocycles. The fourth-order valence-electron chi connectivity index (χ4n) is 1.78. The van der Waals surface area contributed by atoms with Crippen LogP contribution in [0.2, 0.25) is 0 Å². The van der Waals surface area contributed by atoms with Gasteiger partial charge in [-0.2, -0.15) is 0 Å². The number of oxazole rings is 1. The van der Waals surface area contributed by atoms with Gasteiger partial charge in [-0.1, -0.05) is 17.7 Å². The van der Waals surface area contributed by atoms with E-state index in [0.29, 0.717) is 12.4 Å². The molecule has 0 aliphatic heterocycles. The first kappa shape index (κ1) is 12.8. The van der Waals surface area contributed by atoms with Gasteiger partial charge < -0.3 is 10.2 Å². The SMILES string of the molecule is Cc1ccc(-c2nc(CN(C)CCN)co2)cc1. The van der Waals surface area contributed by atoms with Crippen molar-refractivity contribution in [1.82, 2.24) is 9.88 Å². The molecule has 0 spiro atoms. The van der Waals surface area contributed by atoms with Crippen molar-refractivity contribution in [3.63, 3.8) is 0 Å². The minimum atomic E-state index is 0.652. The van der Waals surface area contributed by atoms with Gasteiger partial charge in [0.2, 0.25) is 5.89 Å². The molecule has 0 fully saturated rings. The number of hydrogen-bond acceptors (Lipinski definition) is 4. The molecule has 0 unspecified atom stereocenters. The fourth-order valence-corrected chi connectivity index (χ4v) is 1.78. The average molecular weight is 245 g/mol. The molecule has 1 aromatic heterocycles. The number of aryl methyl sites for hydroxylation is 1. The smallest absolute Gasteiger partial charge is 0.226 e. The molecule has 1 aromatic carbocycles. The summed E-state index contributed by atoms with van der Waals surface area (Å²) in [4.78, 5) is 6.61. The second kappa shape index (κ2) is 5.80. The zero-order valence-corrected chi connectivity index (χ0v) is 10.9. The van der Waals surface area contributed by atoms with Crippen LogP contribution < -0.4 is 5.73 Å². The highest BCUT2D eigenvalue weighted by Crippen LogP contribution is 2.19. The van der Waals surface area contributed by atoms with E-state index >= 15 is 0 Å². The molecule has 2 rings (SSSR count). The van der Waals surface area contributed by atoms with Crippen molar-refractivity contribution < 1.29 is 4.42 Å². The predicted molar refractivity (Wildman–Crippen MR) is 72.1 cm³/mol. The third-order valence-electron chi connectivity index (χ3n) is 2.79. The van der Waals surface area contributed by atoms with Gasteiger partial charge >= 0.3 is 0 Å². The number of benzene rings is 1. The Bertz CT molecular complexity index is 490. The molecule has 0 atom stereocenters. The van der Waals surface area contributed by atoms with Crippen LogP contribution in [0, 0.1) is 6.92 Å². The molecule has 0 saturated heterocycles. The summed E-state index contributed by atoms with van der Waals surface area (Å²) in [6, 6.07) is 8.16. The number of aromatic nitrogens is 1. The van der Waals surface area contributed by atoms with E-state index in [1.807, 2.05) is 19.2 Å². The second-order valence-corrected chi connectivity index (χ2v) is 4.54. The van der Waals surface area contributed by atoms with Crippen LogP contribution in [0.25, 0.3) is 11.5 Å². The van der Waals surface area contributed by atoms with Crippen molar-refractivity contribution in [1.29, 1.82) is 0 Å². The molecule has 2 N–H and O–H groups in total. The summed E-state index contributed by atoms with van der Waals surface area (Å²) in [5.41, 5.74) is 8.68. The minimum absolute atomic E-state index is 0.652. The highest BCUT2D eigenvalue weighted by molar-refractivity contribution is 5.53. The van der Waals surface area contributed by atoms with Gasteiger partial charge in [-0.25, -0.2) is 4.98 Å². The Morgan fingerprint density at radius 3 is 2.67 bits per heavy atom. The number of rotatable bonds is 5. The van der Waals surface area contributed by atoms with Gasteiger partial charge in [0.15, 0.2) is 0 Å². The van der Waals surface area contributed by atoms with E-state index in [1.165, 1.54) is 5.56 Å². The molecular formula is C14H19N3O. The monoisotopic (exact) mass is 245 g/mol. The van der Waals surface area contributed by atoms with Gasteiger partial charge in [0.1, 0.15) is 6.26 Å². The van der Waals surface area contributed by atoms with Crippen LogP contribution in [0.4, 0.5) is 0 Å². The Labute approximate surface area is 107 Å². The van der Waals surface area contributed by atoms with E-state index in [4.69, 9.17) is 10.2 Å². The molecule has 2 aromatic rings. The third-order valence-corrected chi connectivity index (χ3v) is 2.79. The van der Waals surface area contributed by atoms with Gasteiger partial charge in [0.05, 0.1) is 5.69 Å². The first-order chi connectivity index (χ1) is 8.69. The minimum Gasteiger partial charge on any atom is -0.444 e. The molecule has 0 aliphatic carbocycles. The van der Waals surface area contributed by atoms with Gasteiger partial charge in [-0.05, 0) is 26.1 Å². The Morgan fingerprint density at radius 1 is 1.28 bits per heavy atom. The lowest BCUT2D eigenvalue weighted by Gasteiger charge is -2.12. The van der Waals surface area contributed by atoms with Crippen molar-refractivity contribution in [3.8, 4) is 11.5 Å². The van der Waals surface area contributed by atoms with E-state index in [0.717, 1.165) is 24.3 Å². The van der Waals surface area contributed by atoms with E-state index < -0.39 is 0 Å². The molecule has 0 saturated carbocycles. The third kappa shape index (κ3) is 3.18. The van der Waals surface area contributed by atoms with Crippen molar-refractivity contribution in [2.75, 3.05) is 20.1 Å². The standard InChI is InChI=1S/C14H19N3O/c1-11-3-5-12(6-4-11)14-16-13(10-18-14)9-17(2)8-7-15/h3-6,10H,7-9,15H2,1-2H3. The van der Waals surface area contributed by atoms with E-state index in [-0.39, 0.29) is 0 Å². The maximum absolute atomic E-state index is 5.51. The van der Waals surface area contributed by atoms with Crippen LogP contribution in [0.3, 0.4) is 0 Å². The van der Waals surface area contributed by atoms with Crippen molar-refractivity contribution in [2.45, 2.75) is 13.5 Å². The number of nitrogens with zero attached hydrogens (tertiary/aromatic N) is 2. The lowest BCUT2D eigenvalue weighted by atomic mass is 10.1. The van der Waals surface area contributed by atoms with Gasteiger partial charge in [0, 0.05) is 25.2 Å². The van der Waals surface area contributed by atoms with Crippen LogP contribution >= 0.6 is 0 Å². The highest BCUT2D eigenvalue weighted by atomic mass is 16.3. The summed E-state index contributed by atoms with van der Waals surface area (Å²) < 4.78 is 5.50. The van der Waals surface area contributed by atoms with E-state index in [2.05, 4.69) is 28.9 Å². The molecule has 0 bridgehead atoms. The van der Waals surface area contributed by atoms with Crippen molar-refractivity contribution in [3.05, 3.63) is 41.8 Å². The summed E-state index contributed by atoms with van der Waals surface area (Å²) in [6.07, 6.45) is 1.71. The van der Waals surface area contributed by atoms with Crippen LogP contribution in [0.5, 0.6) is 0 Å². The summed E-state index contributed by atoms with van der Waals surface area (Å²) in [6.45, 7) is 4.32. The summed E-state index contributed by atoms with van der Waals surface area (Å²) in [5.74, 6) is 0.672. The number of hydrogen-bond donors (Lipinski definition) is 1. The Balaban J connectivity index is 2.08. The zero-order chi connectivity index (χ0) is 13.0. The van der Waals surface area contributed by atoms with E-state index in [1.54, 1.807) is 6.26 Å².